The first-order valence-corrected chi connectivity index (χ1v) is 6.16. The van der Waals surface area contributed by atoms with Crippen molar-refractivity contribution in [1.29, 1.82) is 0 Å². The van der Waals surface area contributed by atoms with Crippen LogP contribution in [0, 0.1) is 0 Å². The zero-order chi connectivity index (χ0) is 13.2. The quantitative estimate of drug-likeness (QED) is 0.903. The van der Waals surface area contributed by atoms with Gasteiger partial charge in [-0.2, -0.15) is 0 Å². The van der Waals surface area contributed by atoms with Crippen LogP contribution >= 0.6 is 0 Å². The molecule has 0 saturated heterocycles. The third kappa shape index (κ3) is 3.23. The Balaban J connectivity index is 2.06. The van der Waals surface area contributed by atoms with Crippen LogP contribution in [-0.2, 0) is 6.42 Å². The van der Waals surface area contributed by atoms with Gasteiger partial charge in [0.25, 0.3) is 0 Å². The minimum absolute atomic E-state index is 0.120. The molecule has 0 bridgehead atoms. The average Bonchev–Trinajstić information content (AvgIpc) is 2.68. The number of methoxy groups -OCH3 is 1. The summed E-state index contributed by atoms with van der Waals surface area (Å²) in [6, 6.07) is 5.66. The van der Waals surface area contributed by atoms with E-state index in [0.717, 1.165) is 35.7 Å². The van der Waals surface area contributed by atoms with E-state index in [-0.39, 0.29) is 5.54 Å². The Hall–Kier alpha value is -1.55. The van der Waals surface area contributed by atoms with E-state index in [0.29, 0.717) is 0 Å². The zero-order valence-electron chi connectivity index (χ0n) is 11.4. The standard InChI is InChI=1S/C14H20N2O2/c1-14(2,3)15-8-7-13-16-11-9-10(17-4)5-6-12(11)18-13/h5-6,9,15H,7-8H2,1-4H3. The Labute approximate surface area is 107 Å². The van der Waals surface area contributed by atoms with Gasteiger partial charge in [-0.25, -0.2) is 4.98 Å². The summed E-state index contributed by atoms with van der Waals surface area (Å²) in [5, 5.41) is 3.41. The SMILES string of the molecule is COc1ccc2oc(CCNC(C)(C)C)nc2c1. The van der Waals surface area contributed by atoms with Gasteiger partial charge in [0.2, 0.25) is 0 Å². The fourth-order valence-corrected chi connectivity index (χ4v) is 1.73. The van der Waals surface area contributed by atoms with Crippen LogP contribution in [-0.4, -0.2) is 24.2 Å². The highest BCUT2D eigenvalue weighted by molar-refractivity contribution is 5.74. The van der Waals surface area contributed by atoms with Crippen molar-refractivity contribution < 1.29 is 9.15 Å². The van der Waals surface area contributed by atoms with Crippen molar-refractivity contribution in [3.8, 4) is 5.75 Å². The van der Waals surface area contributed by atoms with Crippen LogP contribution in [0.5, 0.6) is 5.75 Å². The van der Waals surface area contributed by atoms with Gasteiger partial charge in [0.15, 0.2) is 11.5 Å². The lowest BCUT2D eigenvalue weighted by Crippen LogP contribution is -2.37. The molecule has 2 rings (SSSR count). The van der Waals surface area contributed by atoms with Gasteiger partial charge in [0, 0.05) is 24.6 Å². The van der Waals surface area contributed by atoms with Crippen molar-refractivity contribution in [3.63, 3.8) is 0 Å². The maximum absolute atomic E-state index is 5.68. The Kier molecular flexibility index (Phi) is 3.57. The largest absolute Gasteiger partial charge is 0.497 e. The van der Waals surface area contributed by atoms with Crippen molar-refractivity contribution in [2.45, 2.75) is 32.7 Å². The number of hydrogen-bond donors (Lipinski definition) is 1. The molecule has 0 saturated carbocycles. The molecular formula is C14H20N2O2. The number of oxazole rings is 1. The molecule has 0 aliphatic heterocycles. The predicted molar refractivity (Wildman–Crippen MR) is 72.0 cm³/mol. The predicted octanol–water partition coefficient (Wildman–Crippen LogP) is 2.77. The number of aromatic nitrogens is 1. The summed E-state index contributed by atoms with van der Waals surface area (Å²) >= 11 is 0. The third-order valence-corrected chi connectivity index (χ3v) is 2.63. The number of nitrogens with zero attached hydrogens (tertiary/aromatic N) is 1. The molecular weight excluding hydrogens is 228 g/mol. The Morgan fingerprint density at radius 1 is 1.33 bits per heavy atom. The Morgan fingerprint density at radius 3 is 2.78 bits per heavy atom. The molecule has 0 atom stereocenters. The van der Waals surface area contributed by atoms with Crippen molar-refractivity contribution >= 4 is 11.1 Å². The zero-order valence-corrected chi connectivity index (χ0v) is 11.4. The van der Waals surface area contributed by atoms with Gasteiger partial charge >= 0.3 is 0 Å². The van der Waals surface area contributed by atoms with Crippen molar-refractivity contribution in [2.75, 3.05) is 13.7 Å². The maximum Gasteiger partial charge on any atom is 0.196 e. The molecule has 0 radical (unpaired) electrons. The molecule has 0 unspecified atom stereocenters. The number of rotatable bonds is 4. The van der Waals surface area contributed by atoms with Gasteiger partial charge in [-0.1, -0.05) is 0 Å². The summed E-state index contributed by atoms with van der Waals surface area (Å²) in [5.41, 5.74) is 1.77. The van der Waals surface area contributed by atoms with E-state index in [1.807, 2.05) is 18.2 Å². The molecule has 18 heavy (non-hydrogen) atoms. The van der Waals surface area contributed by atoms with Crippen molar-refractivity contribution in [1.82, 2.24) is 10.3 Å². The van der Waals surface area contributed by atoms with Gasteiger partial charge in [0.1, 0.15) is 11.3 Å². The van der Waals surface area contributed by atoms with E-state index in [1.165, 1.54) is 0 Å². The number of nitrogens with one attached hydrogen (secondary N) is 1. The Morgan fingerprint density at radius 2 is 2.11 bits per heavy atom. The topological polar surface area (TPSA) is 47.3 Å². The lowest BCUT2D eigenvalue weighted by atomic mass is 10.1. The van der Waals surface area contributed by atoms with Gasteiger partial charge in [-0.3, -0.25) is 0 Å². The van der Waals surface area contributed by atoms with E-state index < -0.39 is 0 Å². The summed E-state index contributed by atoms with van der Waals surface area (Å²) < 4.78 is 10.8. The molecule has 1 aromatic heterocycles. The highest BCUT2D eigenvalue weighted by Gasteiger charge is 2.10. The van der Waals surface area contributed by atoms with E-state index in [1.54, 1.807) is 7.11 Å². The Bertz CT molecular complexity index is 526. The van der Waals surface area contributed by atoms with Gasteiger partial charge in [0.05, 0.1) is 7.11 Å². The van der Waals surface area contributed by atoms with Crippen molar-refractivity contribution in [3.05, 3.63) is 24.1 Å². The molecule has 0 fully saturated rings. The second kappa shape index (κ2) is 4.98. The first kappa shape index (κ1) is 12.9. The smallest absolute Gasteiger partial charge is 0.196 e. The highest BCUT2D eigenvalue weighted by atomic mass is 16.5. The van der Waals surface area contributed by atoms with E-state index >= 15 is 0 Å². The van der Waals surface area contributed by atoms with Gasteiger partial charge in [-0.15, -0.1) is 0 Å². The lowest BCUT2D eigenvalue weighted by Gasteiger charge is -2.19. The van der Waals surface area contributed by atoms with E-state index in [9.17, 15) is 0 Å². The second-order valence-electron chi connectivity index (χ2n) is 5.37. The van der Waals surface area contributed by atoms with Crippen LogP contribution < -0.4 is 10.1 Å². The molecule has 4 nitrogen and oxygen atoms in total. The number of hydrogen-bond acceptors (Lipinski definition) is 4. The molecule has 1 aromatic carbocycles. The van der Waals surface area contributed by atoms with Crippen LogP contribution in [0.1, 0.15) is 26.7 Å². The maximum atomic E-state index is 5.68. The minimum atomic E-state index is 0.120. The molecule has 98 valence electrons. The summed E-state index contributed by atoms with van der Waals surface area (Å²) in [5.74, 6) is 1.56. The highest BCUT2D eigenvalue weighted by Crippen LogP contribution is 2.21. The molecule has 2 aromatic rings. The number of benzene rings is 1. The first-order chi connectivity index (χ1) is 8.48. The number of ether oxygens (including phenoxy) is 1. The summed E-state index contributed by atoms with van der Waals surface area (Å²) in [4.78, 5) is 4.45. The fourth-order valence-electron chi connectivity index (χ4n) is 1.73. The average molecular weight is 248 g/mol. The van der Waals surface area contributed by atoms with E-state index in [2.05, 4.69) is 31.1 Å². The molecule has 0 spiro atoms. The molecule has 1 N–H and O–H groups in total. The fraction of sp³-hybridized carbons (Fsp3) is 0.500. The molecule has 0 aliphatic carbocycles. The van der Waals surface area contributed by atoms with Crippen LogP contribution in [0.15, 0.2) is 22.6 Å². The summed E-state index contributed by atoms with van der Waals surface area (Å²) in [6.45, 7) is 7.28. The van der Waals surface area contributed by atoms with Crippen LogP contribution in [0.4, 0.5) is 0 Å². The molecule has 4 heteroatoms. The molecule has 1 heterocycles. The van der Waals surface area contributed by atoms with Gasteiger partial charge < -0.3 is 14.5 Å². The minimum Gasteiger partial charge on any atom is -0.497 e. The molecule has 0 aliphatic rings. The van der Waals surface area contributed by atoms with Crippen LogP contribution in [0.25, 0.3) is 11.1 Å². The van der Waals surface area contributed by atoms with Gasteiger partial charge in [-0.05, 0) is 32.9 Å². The van der Waals surface area contributed by atoms with E-state index in [4.69, 9.17) is 9.15 Å². The normalized spacial score (nSPS) is 12.0. The molecule has 0 amide bonds. The number of fused-ring (bicyclic) bond motifs is 1. The second-order valence-corrected chi connectivity index (χ2v) is 5.37. The van der Waals surface area contributed by atoms with Crippen LogP contribution in [0.3, 0.4) is 0 Å². The lowest BCUT2D eigenvalue weighted by molar-refractivity contribution is 0.413. The summed E-state index contributed by atoms with van der Waals surface area (Å²) in [7, 11) is 1.65. The first-order valence-electron chi connectivity index (χ1n) is 6.16. The third-order valence-electron chi connectivity index (χ3n) is 2.63. The van der Waals surface area contributed by atoms with Crippen molar-refractivity contribution in [2.24, 2.45) is 0 Å². The monoisotopic (exact) mass is 248 g/mol. The van der Waals surface area contributed by atoms with Crippen LogP contribution in [0.2, 0.25) is 0 Å². The summed E-state index contributed by atoms with van der Waals surface area (Å²) in [6.07, 6.45) is 0.786.